The van der Waals surface area contributed by atoms with Gasteiger partial charge in [0.15, 0.2) is 17.2 Å². The third-order valence-electron chi connectivity index (χ3n) is 8.97. The van der Waals surface area contributed by atoms with Gasteiger partial charge in [0.1, 0.15) is 0 Å². The summed E-state index contributed by atoms with van der Waals surface area (Å²) in [6, 6.07) is 0. The lowest BCUT2D eigenvalue weighted by Gasteiger charge is -2.59. The van der Waals surface area contributed by atoms with Crippen molar-refractivity contribution in [2.75, 3.05) is 0 Å². The van der Waals surface area contributed by atoms with Gasteiger partial charge in [-0.15, -0.1) is 0 Å². The quantitative estimate of drug-likeness (QED) is 0.674. The summed E-state index contributed by atoms with van der Waals surface area (Å²) in [6.07, 6.45) is 9.23. The maximum atomic E-state index is 12.7. The standard InChI is InChI=1S/C23H32O4/c1-14(24)23(27-15(2)25)12-9-20-18-6-5-16-13-17(26)7-10-21(16,3)19(18)8-11-22(20,23)4/h13,18-20H,5-12H2,1-4H3/t18-,19-,20+,21+,22+,23-/m1/s1. The summed E-state index contributed by atoms with van der Waals surface area (Å²) in [5.41, 5.74) is 0.266. The van der Waals surface area contributed by atoms with E-state index in [1.807, 2.05) is 6.08 Å². The molecule has 4 heteroatoms. The second-order valence-electron chi connectivity index (χ2n) is 9.94. The molecule has 0 spiro atoms. The Kier molecular flexibility index (Phi) is 4.21. The number of hydrogen-bond acceptors (Lipinski definition) is 4. The van der Waals surface area contributed by atoms with Crippen LogP contribution in [0.1, 0.15) is 79.1 Å². The van der Waals surface area contributed by atoms with Crippen LogP contribution >= 0.6 is 0 Å². The Morgan fingerprint density at radius 1 is 1.00 bits per heavy atom. The van der Waals surface area contributed by atoms with Crippen LogP contribution in [-0.4, -0.2) is 23.1 Å². The predicted molar refractivity (Wildman–Crippen MR) is 102 cm³/mol. The fourth-order valence-electron chi connectivity index (χ4n) is 7.62. The Morgan fingerprint density at radius 3 is 2.37 bits per heavy atom. The number of fused-ring (bicyclic) bond motifs is 5. The Hall–Kier alpha value is -1.45. The second-order valence-corrected chi connectivity index (χ2v) is 9.94. The Morgan fingerprint density at radius 2 is 1.70 bits per heavy atom. The van der Waals surface area contributed by atoms with Crippen molar-refractivity contribution in [1.82, 2.24) is 0 Å². The number of hydrogen-bond donors (Lipinski definition) is 0. The minimum Gasteiger partial charge on any atom is -0.451 e. The number of carbonyl (C=O) groups excluding carboxylic acids is 3. The molecule has 0 saturated heterocycles. The summed E-state index contributed by atoms with van der Waals surface area (Å²) in [4.78, 5) is 36.5. The van der Waals surface area contributed by atoms with Crippen LogP contribution in [0.4, 0.5) is 0 Å². The molecule has 0 heterocycles. The monoisotopic (exact) mass is 372 g/mol. The molecule has 0 N–H and O–H groups in total. The van der Waals surface area contributed by atoms with E-state index in [9.17, 15) is 14.4 Å². The normalized spacial score (nSPS) is 46.0. The molecular weight excluding hydrogens is 340 g/mol. The van der Waals surface area contributed by atoms with Crippen LogP contribution in [0.3, 0.4) is 0 Å². The second kappa shape index (κ2) is 6.02. The van der Waals surface area contributed by atoms with Gasteiger partial charge in [-0.05, 0) is 81.1 Å². The van der Waals surface area contributed by atoms with E-state index in [-0.39, 0.29) is 28.4 Å². The number of Topliss-reactive ketones (excluding diaryl/α,β-unsaturated/α-hetero) is 1. The maximum absolute atomic E-state index is 12.7. The highest BCUT2D eigenvalue weighted by molar-refractivity contribution is 5.91. The minimum atomic E-state index is -0.950. The Bertz CT molecular complexity index is 737. The molecule has 0 aromatic heterocycles. The van der Waals surface area contributed by atoms with Gasteiger partial charge in [0.2, 0.25) is 0 Å². The maximum Gasteiger partial charge on any atom is 0.303 e. The highest BCUT2D eigenvalue weighted by Gasteiger charge is 2.67. The van der Waals surface area contributed by atoms with Crippen molar-refractivity contribution in [3.05, 3.63) is 11.6 Å². The molecule has 6 atom stereocenters. The van der Waals surface area contributed by atoms with Crippen molar-refractivity contribution < 1.29 is 19.1 Å². The van der Waals surface area contributed by atoms with Crippen LogP contribution in [0.15, 0.2) is 11.6 Å². The topological polar surface area (TPSA) is 60.4 Å². The van der Waals surface area contributed by atoms with Gasteiger partial charge in [-0.1, -0.05) is 19.4 Å². The van der Waals surface area contributed by atoms with Crippen LogP contribution < -0.4 is 0 Å². The molecule has 0 radical (unpaired) electrons. The molecule has 27 heavy (non-hydrogen) atoms. The van der Waals surface area contributed by atoms with Crippen molar-refractivity contribution in [1.29, 1.82) is 0 Å². The predicted octanol–water partition coefficient (Wildman–Crippen LogP) is 4.41. The zero-order valence-electron chi connectivity index (χ0n) is 17.1. The number of esters is 1. The highest BCUT2D eigenvalue weighted by atomic mass is 16.6. The first-order valence-electron chi connectivity index (χ1n) is 10.6. The van der Waals surface area contributed by atoms with Gasteiger partial charge in [0.05, 0.1) is 0 Å². The van der Waals surface area contributed by atoms with Crippen molar-refractivity contribution in [3.8, 4) is 0 Å². The van der Waals surface area contributed by atoms with E-state index in [1.165, 1.54) is 12.5 Å². The van der Waals surface area contributed by atoms with Crippen LogP contribution in [-0.2, 0) is 19.1 Å². The van der Waals surface area contributed by atoms with E-state index in [4.69, 9.17) is 4.74 Å². The smallest absolute Gasteiger partial charge is 0.303 e. The number of ketones is 2. The Labute approximate surface area is 162 Å². The molecular formula is C23H32O4. The summed E-state index contributed by atoms with van der Waals surface area (Å²) in [7, 11) is 0. The zero-order valence-corrected chi connectivity index (χ0v) is 17.1. The third kappa shape index (κ3) is 2.44. The van der Waals surface area contributed by atoms with E-state index in [2.05, 4.69) is 13.8 Å². The first-order chi connectivity index (χ1) is 12.6. The fraction of sp³-hybridized carbons (Fsp3) is 0.783. The van der Waals surface area contributed by atoms with Gasteiger partial charge in [0, 0.05) is 18.8 Å². The molecule has 4 aliphatic rings. The molecule has 3 fully saturated rings. The van der Waals surface area contributed by atoms with Gasteiger partial charge in [-0.3, -0.25) is 14.4 Å². The average molecular weight is 373 g/mol. The first kappa shape index (κ1) is 18.9. The van der Waals surface area contributed by atoms with Gasteiger partial charge in [-0.2, -0.15) is 0 Å². The molecule has 0 aromatic rings. The van der Waals surface area contributed by atoms with E-state index in [1.54, 1.807) is 6.92 Å². The van der Waals surface area contributed by atoms with Gasteiger partial charge < -0.3 is 4.74 Å². The Balaban J connectivity index is 1.70. The zero-order chi connectivity index (χ0) is 19.6. The van der Waals surface area contributed by atoms with Gasteiger partial charge >= 0.3 is 5.97 Å². The van der Waals surface area contributed by atoms with Crippen LogP contribution in [0.5, 0.6) is 0 Å². The highest BCUT2D eigenvalue weighted by Crippen LogP contribution is 2.68. The summed E-state index contributed by atoms with van der Waals surface area (Å²) in [5.74, 6) is 1.48. The van der Waals surface area contributed by atoms with E-state index in [0.717, 1.165) is 38.5 Å². The summed E-state index contributed by atoms with van der Waals surface area (Å²) < 4.78 is 5.81. The fourth-order valence-corrected chi connectivity index (χ4v) is 7.62. The molecule has 0 unspecified atom stereocenters. The lowest BCUT2D eigenvalue weighted by molar-refractivity contribution is -0.187. The molecule has 0 amide bonds. The van der Waals surface area contributed by atoms with E-state index < -0.39 is 5.60 Å². The van der Waals surface area contributed by atoms with Crippen molar-refractivity contribution in [2.45, 2.75) is 84.7 Å². The lowest BCUT2D eigenvalue weighted by atomic mass is 9.46. The van der Waals surface area contributed by atoms with Crippen LogP contribution in [0, 0.1) is 28.6 Å². The number of allylic oxidation sites excluding steroid dienone is 1. The summed E-state index contributed by atoms with van der Waals surface area (Å²) in [6.45, 7) is 7.58. The van der Waals surface area contributed by atoms with Crippen molar-refractivity contribution in [3.63, 3.8) is 0 Å². The molecule has 0 aliphatic heterocycles. The van der Waals surface area contributed by atoms with Crippen LogP contribution in [0.25, 0.3) is 0 Å². The van der Waals surface area contributed by atoms with Crippen molar-refractivity contribution >= 4 is 17.5 Å². The average Bonchev–Trinajstić information content (AvgIpc) is 2.89. The summed E-state index contributed by atoms with van der Waals surface area (Å²) >= 11 is 0. The van der Waals surface area contributed by atoms with E-state index in [0.29, 0.717) is 30.6 Å². The van der Waals surface area contributed by atoms with Crippen molar-refractivity contribution in [2.24, 2.45) is 28.6 Å². The number of carbonyl (C=O) groups is 3. The largest absolute Gasteiger partial charge is 0.451 e. The van der Waals surface area contributed by atoms with Gasteiger partial charge in [-0.25, -0.2) is 0 Å². The third-order valence-corrected chi connectivity index (χ3v) is 8.97. The lowest BCUT2D eigenvalue weighted by Crippen LogP contribution is -2.58. The van der Waals surface area contributed by atoms with Gasteiger partial charge in [0.25, 0.3) is 0 Å². The number of ether oxygens (including phenoxy) is 1. The molecule has 148 valence electrons. The molecule has 0 bridgehead atoms. The SMILES string of the molecule is CC(=O)O[C@@]1(C(C)=O)CC[C@H]2[C@@H]3CCC4=CC(=O)CC[C@]4(C)[C@@H]3CC[C@@]21C. The summed E-state index contributed by atoms with van der Waals surface area (Å²) in [5, 5.41) is 0. The molecule has 4 rings (SSSR count). The minimum absolute atomic E-state index is 0.00650. The first-order valence-corrected chi connectivity index (χ1v) is 10.6. The number of rotatable bonds is 2. The molecule has 0 aromatic carbocycles. The molecule has 4 aliphatic carbocycles. The molecule has 4 nitrogen and oxygen atoms in total. The van der Waals surface area contributed by atoms with Crippen LogP contribution in [0.2, 0.25) is 0 Å². The molecule has 3 saturated carbocycles. The van der Waals surface area contributed by atoms with E-state index >= 15 is 0 Å².